The summed E-state index contributed by atoms with van der Waals surface area (Å²) in [4.78, 5) is 0. The number of fused-ring (bicyclic) bond motifs is 1. The Balaban J connectivity index is 2.22. The predicted octanol–water partition coefficient (Wildman–Crippen LogP) is 4.03. The van der Waals surface area contributed by atoms with Gasteiger partial charge in [0.1, 0.15) is 11.7 Å². The van der Waals surface area contributed by atoms with Crippen LogP contribution in [0.25, 0.3) is 11.0 Å². The molecular formula is C15H17NO2S. The summed E-state index contributed by atoms with van der Waals surface area (Å²) in [5, 5.41) is 9.96. The van der Waals surface area contributed by atoms with Gasteiger partial charge in [-0.15, -0.1) is 0 Å². The molecule has 0 aliphatic heterocycles. The number of rotatable bonds is 6. The van der Waals surface area contributed by atoms with E-state index in [2.05, 4.69) is 19.6 Å². The molecule has 1 unspecified atom stereocenters. The third kappa shape index (κ3) is 3.05. The summed E-state index contributed by atoms with van der Waals surface area (Å²) in [7, 11) is 0. The van der Waals surface area contributed by atoms with Crippen LogP contribution in [0.2, 0.25) is 0 Å². The molecule has 3 nitrogen and oxygen atoms in total. The minimum absolute atomic E-state index is 0.246. The average Bonchev–Trinajstić information content (AvgIpc) is 2.81. The zero-order valence-electron chi connectivity index (χ0n) is 10.9. The standard InChI is InChI=1S/C15H17NO2S/c1-2-5-11(10-19)9-17-15-12-6-3-4-7-13(12)18-14(15)8-16/h3-4,6-7,11,19H,2,5,9-10H2,1H3. The lowest BCUT2D eigenvalue weighted by atomic mass is 10.1. The van der Waals surface area contributed by atoms with Gasteiger partial charge in [0.15, 0.2) is 5.75 Å². The van der Waals surface area contributed by atoms with E-state index < -0.39 is 0 Å². The van der Waals surface area contributed by atoms with Crippen molar-refractivity contribution < 1.29 is 9.15 Å². The van der Waals surface area contributed by atoms with E-state index in [1.54, 1.807) is 0 Å². The number of thiol groups is 1. The molecule has 0 amide bonds. The third-order valence-electron chi connectivity index (χ3n) is 3.07. The molecule has 4 heteroatoms. The molecule has 2 rings (SSSR count). The van der Waals surface area contributed by atoms with Gasteiger partial charge >= 0.3 is 0 Å². The first-order valence-electron chi connectivity index (χ1n) is 6.45. The SMILES string of the molecule is CCCC(CS)COc1c(C#N)oc2ccccc12. The highest BCUT2D eigenvalue weighted by atomic mass is 32.1. The van der Waals surface area contributed by atoms with E-state index in [9.17, 15) is 0 Å². The minimum atomic E-state index is 0.246. The molecule has 1 aromatic carbocycles. The first kappa shape index (κ1) is 13.8. The second kappa shape index (κ2) is 6.53. The molecule has 1 atom stereocenters. The Labute approximate surface area is 118 Å². The van der Waals surface area contributed by atoms with Crippen LogP contribution in [0.3, 0.4) is 0 Å². The van der Waals surface area contributed by atoms with Crippen molar-refractivity contribution in [3.05, 3.63) is 30.0 Å². The number of hydrogen-bond acceptors (Lipinski definition) is 4. The van der Waals surface area contributed by atoms with Crippen LogP contribution in [-0.2, 0) is 0 Å². The van der Waals surface area contributed by atoms with Crippen LogP contribution in [0.15, 0.2) is 28.7 Å². The van der Waals surface area contributed by atoms with Gasteiger partial charge in [-0.1, -0.05) is 25.5 Å². The summed E-state index contributed by atoms with van der Waals surface area (Å²) < 4.78 is 11.3. The fourth-order valence-corrected chi connectivity index (χ4v) is 2.36. The molecule has 0 N–H and O–H groups in total. The first-order chi connectivity index (χ1) is 9.30. The summed E-state index contributed by atoms with van der Waals surface area (Å²) in [6, 6.07) is 9.58. The molecule has 0 saturated carbocycles. The Hall–Kier alpha value is -1.60. The lowest BCUT2D eigenvalue weighted by Crippen LogP contribution is -2.13. The molecule has 1 aromatic heterocycles. The van der Waals surface area contributed by atoms with Crippen molar-refractivity contribution in [3.63, 3.8) is 0 Å². The average molecular weight is 275 g/mol. The maximum atomic E-state index is 9.11. The molecule has 0 radical (unpaired) electrons. The zero-order chi connectivity index (χ0) is 13.7. The number of para-hydroxylation sites is 1. The van der Waals surface area contributed by atoms with E-state index in [0.717, 1.165) is 24.0 Å². The maximum Gasteiger partial charge on any atom is 0.246 e. The van der Waals surface area contributed by atoms with Crippen LogP contribution in [0, 0.1) is 17.2 Å². The van der Waals surface area contributed by atoms with Gasteiger partial charge in [0.25, 0.3) is 0 Å². The van der Waals surface area contributed by atoms with Crippen molar-refractivity contribution in [1.29, 1.82) is 5.26 Å². The van der Waals surface area contributed by atoms with Gasteiger partial charge in [-0.2, -0.15) is 17.9 Å². The van der Waals surface area contributed by atoms with E-state index in [0.29, 0.717) is 23.9 Å². The number of benzene rings is 1. The van der Waals surface area contributed by atoms with Gasteiger partial charge in [0.05, 0.1) is 12.0 Å². The van der Waals surface area contributed by atoms with Crippen LogP contribution in [0.1, 0.15) is 25.5 Å². The Bertz CT molecular complexity index is 585. The molecule has 100 valence electrons. The third-order valence-corrected chi connectivity index (χ3v) is 3.59. The molecule has 19 heavy (non-hydrogen) atoms. The topological polar surface area (TPSA) is 46.2 Å². The fourth-order valence-electron chi connectivity index (χ4n) is 2.08. The first-order valence-corrected chi connectivity index (χ1v) is 7.08. The quantitative estimate of drug-likeness (QED) is 0.810. The van der Waals surface area contributed by atoms with Crippen molar-refractivity contribution in [2.24, 2.45) is 5.92 Å². The van der Waals surface area contributed by atoms with Crippen LogP contribution in [-0.4, -0.2) is 12.4 Å². The molecule has 0 fully saturated rings. The van der Waals surface area contributed by atoms with Crippen LogP contribution in [0.5, 0.6) is 5.75 Å². The van der Waals surface area contributed by atoms with Crippen molar-refractivity contribution in [1.82, 2.24) is 0 Å². The number of ether oxygens (including phenoxy) is 1. The lowest BCUT2D eigenvalue weighted by Gasteiger charge is -2.13. The molecular weight excluding hydrogens is 258 g/mol. The van der Waals surface area contributed by atoms with Gasteiger partial charge in [0.2, 0.25) is 5.76 Å². The highest BCUT2D eigenvalue weighted by Crippen LogP contribution is 2.32. The van der Waals surface area contributed by atoms with E-state index in [4.69, 9.17) is 14.4 Å². The highest BCUT2D eigenvalue weighted by molar-refractivity contribution is 7.80. The highest BCUT2D eigenvalue weighted by Gasteiger charge is 2.16. The summed E-state index contributed by atoms with van der Waals surface area (Å²) >= 11 is 4.33. The van der Waals surface area contributed by atoms with E-state index in [1.165, 1.54) is 0 Å². The normalized spacial score (nSPS) is 12.3. The largest absolute Gasteiger partial charge is 0.488 e. The number of nitriles is 1. The minimum Gasteiger partial charge on any atom is -0.488 e. The number of furan rings is 1. The Morgan fingerprint density at radius 3 is 2.89 bits per heavy atom. The molecule has 0 aliphatic carbocycles. The summed E-state index contributed by atoms with van der Waals surface area (Å²) in [6.45, 7) is 2.71. The summed E-state index contributed by atoms with van der Waals surface area (Å²) in [5.41, 5.74) is 0.687. The Morgan fingerprint density at radius 1 is 1.42 bits per heavy atom. The molecule has 2 aromatic rings. The van der Waals surface area contributed by atoms with Crippen LogP contribution in [0.4, 0.5) is 0 Å². The van der Waals surface area contributed by atoms with E-state index >= 15 is 0 Å². The van der Waals surface area contributed by atoms with Gasteiger partial charge in [0, 0.05) is 5.92 Å². The zero-order valence-corrected chi connectivity index (χ0v) is 11.8. The summed E-state index contributed by atoms with van der Waals surface area (Å²) in [5.74, 6) is 1.98. The number of nitrogens with zero attached hydrogens (tertiary/aromatic N) is 1. The van der Waals surface area contributed by atoms with Crippen molar-refractivity contribution in [2.75, 3.05) is 12.4 Å². The summed E-state index contributed by atoms with van der Waals surface area (Å²) in [6.07, 6.45) is 2.17. The van der Waals surface area contributed by atoms with Gasteiger partial charge in [-0.05, 0) is 24.3 Å². The number of hydrogen-bond donors (Lipinski definition) is 1. The molecule has 0 saturated heterocycles. The second-order valence-corrected chi connectivity index (χ2v) is 4.88. The van der Waals surface area contributed by atoms with Crippen molar-refractivity contribution in [2.45, 2.75) is 19.8 Å². The smallest absolute Gasteiger partial charge is 0.246 e. The molecule has 0 spiro atoms. The predicted molar refractivity (Wildman–Crippen MR) is 78.7 cm³/mol. The van der Waals surface area contributed by atoms with Crippen LogP contribution < -0.4 is 4.74 Å². The van der Waals surface area contributed by atoms with E-state index in [1.807, 2.05) is 30.3 Å². The molecule has 1 heterocycles. The van der Waals surface area contributed by atoms with Gasteiger partial charge < -0.3 is 9.15 Å². The monoisotopic (exact) mass is 275 g/mol. The van der Waals surface area contributed by atoms with Crippen LogP contribution >= 0.6 is 12.6 Å². The van der Waals surface area contributed by atoms with Crippen molar-refractivity contribution in [3.8, 4) is 11.8 Å². The second-order valence-electron chi connectivity index (χ2n) is 4.52. The van der Waals surface area contributed by atoms with E-state index in [-0.39, 0.29) is 5.76 Å². The Kier molecular flexibility index (Phi) is 4.75. The Morgan fingerprint density at radius 2 is 2.21 bits per heavy atom. The van der Waals surface area contributed by atoms with Crippen molar-refractivity contribution >= 4 is 23.6 Å². The molecule has 0 bridgehead atoms. The molecule has 0 aliphatic rings. The lowest BCUT2D eigenvalue weighted by molar-refractivity contribution is 0.253. The maximum absolute atomic E-state index is 9.11. The fraction of sp³-hybridized carbons (Fsp3) is 0.400. The van der Waals surface area contributed by atoms with Gasteiger partial charge in [-0.3, -0.25) is 0 Å². The van der Waals surface area contributed by atoms with Gasteiger partial charge in [-0.25, -0.2) is 0 Å².